The van der Waals surface area contributed by atoms with Crippen LogP contribution in [0.3, 0.4) is 0 Å². The summed E-state index contributed by atoms with van der Waals surface area (Å²) in [6, 6.07) is 29.8. The van der Waals surface area contributed by atoms with Crippen LogP contribution in [0, 0.1) is 0 Å². The lowest BCUT2D eigenvalue weighted by Crippen LogP contribution is -2.80. The van der Waals surface area contributed by atoms with Crippen molar-refractivity contribution in [2.45, 2.75) is 220 Å². The molecule has 2 bridgehead atoms. The zero-order valence-electron chi connectivity index (χ0n) is 64.9. The maximum atomic E-state index is 16.5. The maximum Gasteiger partial charge on any atom is 0.417 e. The zero-order valence-corrected chi connectivity index (χ0v) is 68.1. The quantitative estimate of drug-likeness (QED) is 0.0192. The Bertz CT molecular complexity index is 3920. The number of alkyl halides is 3. The number of nitrogens with one attached hydrogen (secondary N) is 1. The fraction of sp³-hybridized carbons (Fsp3) is 0.545. The Balaban J connectivity index is 1.39. The van der Waals surface area contributed by atoms with E-state index in [9.17, 15) is 38.4 Å². The van der Waals surface area contributed by atoms with Crippen LogP contribution < -0.4 is 10.1 Å². The number of ether oxygens (including phenoxy) is 20. The predicted molar refractivity (Wildman–Crippen MR) is 399 cm³/mol. The first-order valence-electron chi connectivity index (χ1n) is 36.3. The summed E-state index contributed by atoms with van der Waals surface area (Å²) in [5, 5.41) is 2.41. The third-order valence-corrected chi connectivity index (χ3v) is 20.0. The van der Waals surface area contributed by atoms with E-state index in [1.165, 1.54) is 7.11 Å². The number of benzene rings is 4. The molecule has 4 aromatic rings. The van der Waals surface area contributed by atoms with Gasteiger partial charge in [0.1, 0.15) is 74.9 Å². The number of imide groups is 1. The number of rotatable bonds is 37. The number of esters is 8. The lowest BCUT2D eigenvalue weighted by Gasteiger charge is -2.58. The average Bonchev–Trinajstić information content (AvgIpc) is 0.702. The molecule has 0 aromatic heterocycles. The molecule has 0 unspecified atom stereocenters. The number of carbonyl (C=O) groups excluding carboxylic acids is 11. The molecule has 1 N–H and O–H groups in total. The summed E-state index contributed by atoms with van der Waals surface area (Å²) in [4.78, 5) is 155. The summed E-state index contributed by atoms with van der Waals surface area (Å²) in [5.41, 5.74) is 2.47. The summed E-state index contributed by atoms with van der Waals surface area (Å²) in [7, 11) is 0.472. The first-order chi connectivity index (χ1) is 54.0. The van der Waals surface area contributed by atoms with Gasteiger partial charge in [-0.05, 0) is 40.4 Å². The second kappa shape index (κ2) is 41.8. The second-order valence-electron chi connectivity index (χ2n) is 28.2. The SMILES string of the molecule is COC(=O)[C@@]1(O[C@H]2C[C@@]3(OC[C@H]4O[C@@H](OCC[Si](C)(C)C)[C@H](OCc5ccc(OC)cc5)[C@@H](OCc5ccccc5)[C@@H]4OCc4ccccc4)O[C@@H]([C@H](OC(C)=O)[C@@H](COC(C)=O)OC(C)=O)[C@@H]2N(C(=O)OCc2ccccc2)C3=O)C[C@H](OC(C)=O)[C@@H](NC(=O)OCC(Cl)(Cl)Cl)[C@H]([C@H](OC(C)=O)[C@@H](COC(C)=O)OC(C)=O)O1. The van der Waals surface area contributed by atoms with Gasteiger partial charge in [-0.25, -0.2) is 19.3 Å². The van der Waals surface area contributed by atoms with Gasteiger partial charge in [0.15, 0.2) is 30.7 Å². The Kier molecular flexibility index (Phi) is 33.3. The largest absolute Gasteiger partial charge is 0.497 e. The third-order valence-electron chi connectivity index (χ3n) is 18.0. The Morgan fingerprint density at radius 1 is 0.561 bits per heavy atom. The van der Waals surface area contributed by atoms with Crippen molar-refractivity contribution in [2.75, 3.05) is 47.3 Å². The van der Waals surface area contributed by atoms with E-state index in [-0.39, 0.29) is 26.4 Å². The topological polar surface area (TPSA) is 388 Å². The first-order valence-corrected chi connectivity index (χ1v) is 41.1. The molecule has 624 valence electrons. The second-order valence-corrected chi connectivity index (χ2v) is 36.3. The number of fused-ring (bicyclic) bond motifs is 3. The number of carbonyl (C=O) groups is 11. The van der Waals surface area contributed by atoms with Crippen molar-refractivity contribution in [1.82, 2.24) is 10.2 Å². The van der Waals surface area contributed by atoms with Gasteiger partial charge < -0.3 is 100 Å². The smallest absolute Gasteiger partial charge is 0.417 e. The molecule has 0 aliphatic carbocycles. The number of morpholine rings is 1. The number of halogens is 3. The molecule has 5 saturated heterocycles. The van der Waals surface area contributed by atoms with Crippen LogP contribution in [0.5, 0.6) is 5.75 Å². The molecule has 33 nitrogen and oxygen atoms in total. The molecule has 5 heterocycles. The van der Waals surface area contributed by atoms with E-state index >= 15 is 14.4 Å². The molecule has 9 rings (SSSR count). The van der Waals surface area contributed by atoms with E-state index in [1.54, 1.807) is 54.6 Å². The van der Waals surface area contributed by atoms with Gasteiger partial charge in [-0.1, -0.05) is 158 Å². The van der Waals surface area contributed by atoms with Crippen LogP contribution in [0.25, 0.3) is 0 Å². The molecule has 3 amide bonds. The molecular formula is C77H95Cl3N2O31Si. The van der Waals surface area contributed by atoms with Gasteiger partial charge in [0.05, 0.1) is 65.3 Å². The fourth-order valence-corrected chi connectivity index (χ4v) is 14.0. The Labute approximate surface area is 674 Å². The van der Waals surface area contributed by atoms with E-state index < -0.39 is 227 Å². The minimum Gasteiger partial charge on any atom is -0.497 e. The van der Waals surface area contributed by atoms with Crippen LogP contribution >= 0.6 is 34.8 Å². The first kappa shape index (κ1) is 90.9. The summed E-state index contributed by atoms with van der Waals surface area (Å²) in [6.45, 7) is 8.66. The van der Waals surface area contributed by atoms with Crippen molar-refractivity contribution in [3.63, 3.8) is 0 Å². The highest BCUT2D eigenvalue weighted by Gasteiger charge is 2.71. The summed E-state index contributed by atoms with van der Waals surface area (Å²) in [5.74, 6) is -16.3. The zero-order chi connectivity index (χ0) is 83.2. The maximum absolute atomic E-state index is 16.5. The lowest BCUT2D eigenvalue weighted by atomic mass is 9.81. The van der Waals surface area contributed by atoms with Crippen molar-refractivity contribution in [2.24, 2.45) is 0 Å². The Morgan fingerprint density at radius 2 is 1.06 bits per heavy atom. The number of methoxy groups -OCH3 is 2. The number of hydrogen-bond acceptors (Lipinski definition) is 31. The minimum atomic E-state index is -3.27. The van der Waals surface area contributed by atoms with Gasteiger partial charge in [0.2, 0.25) is 3.79 Å². The van der Waals surface area contributed by atoms with Crippen LogP contribution in [-0.2, 0) is 160 Å². The summed E-state index contributed by atoms with van der Waals surface area (Å²) < 4.78 is 123. The normalized spacial score (nSPS) is 25.0. The number of alkyl carbamates (subject to hydrolysis) is 1. The number of amides is 3. The van der Waals surface area contributed by atoms with Gasteiger partial charge in [0.25, 0.3) is 17.5 Å². The van der Waals surface area contributed by atoms with Crippen LogP contribution in [0.4, 0.5) is 9.59 Å². The van der Waals surface area contributed by atoms with Crippen molar-refractivity contribution in [1.29, 1.82) is 0 Å². The van der Waals surface area contributed by atoms with Crippen molar-refractivity contribution >= 4 is 109 Å². The van der Waals surface area contributed by atoms with E-state index in [2.05, 4.69) is 25.0 Å². The molecule has 0 radical (unpaired) electrons. The molecule has 5 aliphatic rings. The van der Waals surface area contributed by atoms with Crippen LogP contribution in [0.1, 0.15) is 83.6 Å². The Hall–Kier alpha value is -8.62. The van der Waals surface area contributed by atoms with Gasteiger partial charge in [-0.15, -0.1) is 0 Å². The van der Waals surface area contributed by atoms with Crippen LogP contribution in [-0.4, -0.2) is 233 Å². The minimum absolute atomic E-state index is 0.0445. The summed E-state index contributed by atoms with van der Waals surface area (Å²) >= 11 is 18.0. The highest BCUT2D eigenvalue weighted by atomic mass is 35.6. The van der Waals surface area contributed by atoms with Gasteiger partial charge in [-0.3, -0.25) is 38.4 Å². The number of nitrogens with zero attached hydrogens (tertiary/aromatic N) is 1. The molecule has 0 spiro atoms. The van der Waals surface area contributed by atoms with E-state index in [0.29, 0.717) is 33.4 Å². The molecule has 5 aliphatic heterocycles. The van der Waals surface area contributed by atoms with Crippen molar-refractivity contribution in [3.05, 3.63) is 138 Å². The molecule has 0 saturated carbocycles. The van der Waals surface area contributed by atoms with E-state index in [4.69, 9.17) is 130 Å². The van der Waals surface area contributed by atoms with E-state index in [1.807, 2.05) is 60.7 Å². The van der Waals surface area contributed by atoms with Crippen molar-refractivity contribution in [3.8, 4) is 5.75 Å². The molecule has 114 heavy (non-hydrogen) atoms. The van der Waals surface area contributed by atoms with E-state index in [0.717, 1.165) is 61.1 Å². The van der Waals surface area contributed by atoms with Crippen LogP contribution in [0.2, 0.25) is 25.7 Å². The molecule has 17 atom stereocenters. The third kappa shape index (κ3) is 26.2. The summed E-state index contributed by atoms with van der Waals surface area (Å²) in [6.07, 6.45) is -28.7. The van der Waals surface area contributed by atoms with Gasteiger partial charge in [0, 0.05) is 69.6 Å². The Morgan fingerprint density at radius 3 is 1.54 bits per heavy atom. The monoisotopic (exact) mass is 1680 g/mol. The molecule has 37 heteroatoms. The van der Waals surface area contributed by atoms with Gasteiger partial charge in [-0.2, -0.15) is 0 Å². The highest BCUT2D eigenvalue weighted by Crippen LogP contribution is 2.49. The molecule has 4 aromatic carbocycles. The standard InChI is InChI=1S/C77H95Cl3N2O31Si/c1-44(83)97-40-58(106-47(4)86)64(108-49(6)88)66-61(81-73(92)103-43-77(78,79)80)56(105-46(3)85)34-76(112-66,72(91)95-9)111-57-35-75(71(90)82(74(93)102-39-53-26-20-15-21-27-53)62(57)67(113-75)65(109-50(7)89)59(107-48(5)87)41-98-45(2)84)104-42-60-63(99-36-51-22-16-13-17-23-51)68(100-37-52-24-18-14-19-25-52)69(70(110-60)96-32-33-114(10,11)12)101-38-54-28-30-55(94-8)31-29-54/h13-31,56-70H,32-43H2,1-12H3,(H,81,92)/t56-,57-,58+,59+,60+,61+,62+,63+,64+,65+,66+,67+,68-,69+,70+,75+,76+/m0/s1. The predicted octanol–water partition coefficient (Wildman–Crippen LogP) is 8.17. The number of piperidine rings is 1. The number of hydrogen-bond donors (Lipinski definition) is 1. The fourth-order valence-electron chi connectivity index (χ4n) is 13.1. The molecular weight excluding hydrogens is 1580 g/mol. The highest BCUT2D eigenvalue weighted by molar-refractivity contribution is 6.76. The molecule has 5 fully saturated rings. The van der Waals surface area contributed by atoms with Crippen molar-refractivity contribution < 1.29 is 147 Å². The lowest BCUT2D eigenvalue weighted by molar-refractivity contribution is -0.383. The van der Waals surface area contributed by atoms with Gasteiger partial charge >= 0.3 is 59.9 Å². The average molecular weight is 1680 g/mol. The van der Waals surface area contributed by atoms with Crippen LogP contribution in [0.15, 0.2) is 115 Å².